The van der Waals surface area contributed by atoms with Crippen molar-refractivity contribution < 1.29 is 13.2 Å². The Labute approximate surface area is 119 Å². The highest BCUT2D eigenvalue weighted by molar-refractivity contribution is 5.26. The summed E-state index contributed by atoms with van der Waals surface area (Å²) in [5, 5.41) is 3.43. The van der Waals surface area contributed by atoms with Crippen LogP contribution in [0, 0.1) is 0 Å². The van der Waals surface area contributed by atoms with Crippen LogP contribution in [0.25, 0.3) is 0 Å². The minimum absolute atomic E-state index is 0.0638. The van der Waals surface area contributed by atoms with Crippen molar-refractivity contribution in [2.24, 2.45) is 0 Å². The maximum Gasteiger partial charge on any atom is 0.416 e. The lowest BCUT2D eigenvalue weighted by Crippen LogP contribution is -2.28. The van der Waals surface area contributed by atoms with Crippen LogP contribution < -0.4 is 5.32 Å². The van der Waals surface area contributed by atoms with Crippen LogP contribution in [0.5, 0.6) is 0 Å². The zero-order chi connectivity index (χ0) is 15.2. The standard InChI is InChI=1S/C16H24F3N/c1-4-5-6-7-12(2)20-13(3)14-8-10-15(11-9-14)16(17,18)19/h8-13,20H,4-7H2,1-3H3. The molecular weight excluding hydrogens is 263 g/mol. The second-order valence-corrected chi connectivity index (χ2v) is 5.40. The lowest BCUT2D eigenvalue weighted by Gasteiger charge is -2.20. The van der Waals surface area contributed by atoms with Crippen LogP contribution in [0.3, 0.4) is 0 Å². The molecule has 0 heterocycles. The molecule has 0 saturated heterocycles. The molecule has 1 aromatic rings. The molecule has 1 nitrogen and oxygen atoms in total. The summed E-state index contributed by atoms with van der Waals surface area (Å²) in [5.41, 5.74) is 0.296. The van der Waals surface area contributed by atoms with E-state index >= 15 is 0 Å². The number of hydrogen-bond acceptors (Lipinski definition) is 1. The smallest absolute Gasteiger partial charge is 0.308 e. The predicted molar refractivity (Wildman–Crippen MR) is 76.6 cm³/mol. The first-order chi connectivity index (χ1) is 9.34. The van der Waals surface area contributed by atoms with Crippen LogP contribution in [0.15, 0.2) is 24.3 Å². The number of unbranched alkanes of at least 4 members (excludes halogenated alkanes) is 2. The number of hydrogen-bond donors (Lipinski definition) is 1. The minimum atomic E-state index is -4.26. The maximum atomic E-state index is 12.5. The lowest BCUT2D eigenvalue weighted by molar-refractivity contribution is -0.137. The highest BCUT2D eigenvalue weighted by Gasteiger charge is 2.30. The molecule has 1 N–H and O–H groups in total. The number of rotatable bonds is 7. The molecule has 1 aromatic carbocycles. The van der Waals surface area contributed by atoms with Crippen molar-refractivity contribution in [3.05, 3.63) is 35.4 Å². The Balaban J connectivity index is 2.53. The Morgan fingerprint density at radius 1 is 1.05 bits per heavy atom. The van der Waals surface area contributed by atoms with Crippen LogP contribution in [-0.2, 0) is 6.18 Å². The molecule has 0 bridgehead atoms. The zero-order valence-electron chi connectivity index (χ0n) is 12.4. The summed E-state index contributed by atoms with van der Waals surface area (Å²) in [5.74, 6) is 0. The second kappa shape index (κ2) is 7.67. The van der Waals surface area contributed by atoms with E-state index in [-0.39, 0.29) is 6.04 Å². The number of halogens is 3. The van der Waals surface area contributed by atoms with Gasteiger partial charge in [-0.2, -0.15) is 13.2 Å². The molecule has 0 saturated carbocycles. The third kappa shape index (κ3) is 5.53. The van der Waals surface area contributed by atoms with Crippen molar-refractivity contribution in [2.45, 2.75) is 64.7 Å². The van der Waals surface area contributed by atoms with E-state index in [9.17, 15) is 13.2 Å². The molecule has 20 heavy (non-hydrogen) atoms. The van der Waals surface area contributed by atoms with Crippen molar-refractivity contribution in [1.29, 1.82) is 0 Å². The molecule has 0 radical (unpaired) electrons. The SMILES string of the molecule is CCCCCC(C)NC(C)c1ccc(C(F)(F)F)cc1. The fraction of sp³-hybridized carbons (Fsp3) is 0.625. The zero-order valence-corrected chi connectivity index (χ0v) is 12.4. The highest BCUT2D eigenvalue weighted by Crippen LogP contribution is 2.29. The summed E-state index contributed by atoms with van der Waals surface area (Å²) in [4.78, 5) is 0. The third-order valence-corrected chi connectivity index (χ3v) is 3.51. The van der Waals surface area contributed by atoms with Gasteiger partial charge in [0.05, 0.1) is 5.56 Å². The maximum absolute atomic E-state index is 12.5. The summed E-state index contributed by atoms with van der Waals surface area (Å²) in [7, 11) is 0. The molecule has 0 aromatic heterocycles. The van der Waals surface area contributed by atoms with Gasteiger partial charge in [-0.25, -0.2) is 0 Å². The molecule has 0 aliphatic carbocycles. The van der Waals surface area contributed by atoms with Crippen molar-refractivity contribution >= 4 is 0 Å². The van der Waals surface area contributed by atoms with Gasteiger partial charge in [0.15, 0.2) is 0 Å². The lowest BCUT2D eigenvalue weighted by atomic mass is 10.0. The summed E-state index contributed by atoms with van der Waals surface area (Å²) >= 11 is 0. The van der Waals surface area contributed by atoms with Crippen molar-refractivity contribution in [2.75, 3.05) is 0 Å². The van der Waals surface area contributed by atoms with Gasteiger partial charge in [-0.1, -0.05) is 38.3 Å². The monoisotopic (exact) mass is 287 g/mol. The van der Waals surface area contributed by atoms with Crippen LogP contribution >= 0.6 is 0 Å². The minimum Gasteiger partial charge on any atom is -0.308 e. The molecule has 0 aliphatic heterocycles. The van der Waals surface area contributed by atoms with E-state index in [4.69, 9.17) is 0 Å². The van der Waals surface area contributed by atoms with Gasteiger partial charge in [0.25, 0.3) is 0 Å². The van der Waals surface area contributed by atoms with Crippen LogP contribution in [0.4, 0.5) is 13.2 Å². The molecule has 0 aliphatic rings. The van der Waals surface area contributed by atoms with Crippen LogP contribution in [-0.4, -0.2) is 6.04 Å². The van der Waals surface area contributed by atoms with Gasteiger partial charge in [0.1, 0.15) is 0 Å². The summed E-state index contributed by atoms with van der Waals surface area (Å²) in [6, 6.07) is 5.84. The Hall–Kier alpha value is -1.03. The van der Waals surface area contributed by atoms with Crippen molar-refractivity contribution in [3.8, 4) is 0 Å². The van der Waals surface area contributed by atoms with E-state index in [0.29, 0.717) is 6.04 Å². The molecule has 4 heteroatoms. The molecule has 2 atom stereocenters. The number of nitrogens with one attached hydrogen (secondary N) is 1. The predicted octanol–water partition coefficient (Wildman–Crippen LogP) is 5.32. The Morgan fingerprint density at radius 3 is 2.15 bits per heavy atom. The van der Waals surface area contributed by atoms with E-state index in [0.717, 1.165) is 24.1 Å². The van der Waals surface area contributed by atoms with Crippen molar-refractivity contribution in [1.82, 2.24) is 5.32 Å². The topological polar surface area (TPSA) is 12.0 Å². The molecule has 114 valence electrons. The van der Waals surface area contributed by atoms with E-state index < -0.39 is 11.7 Å². The first-order valence-electron chi connectivity index (χ1n) is 7.27. The van der Waals surface area contributed by atoms with Crippen molar-refractivity contribution in [3.63, 3.8) is 0 Å². The quantitative estimate of drug-likeness (QED) is 0.669. The van der Waals surface area contributed by atoms with Crippen LogP contribution in [0.2, 0.25) is 0 Å². The van der Waals surface area contributed by atoms with E-state index in [1.54, 1.807) is 12.1 Å². The Morgan fingerprint density at radius 2 is 1.65 bits per heavy atom. The van der Waals surface area contributed by atoms with Crippen LogP contribution in [0.1, 0.15) is 63.6 Å². The van der Waals surface area contributed by atoms with Gasteiger partial charge in [-0.05, 0) is 38.0 Å². The summed E-state index contributed by atoms with van der Waals surface area (Å²) in [6.07, 6.45) is 0.438. The first-order valence-corrected chi connectivity index (χ1v) is 7.27. The van der Waals surface area contributed by atoms with Gasteiger partial charge < -0.3 is 5.32 Å². The largest absolute Gasteiger partial charge is 0.416 e. The van der Waals surface area contributed by atoms with Gasteiger partial charge in [0, 0.05) is 12.1 Å². The summed E-state index contributed by atoms with van der Waals surface area (Å²) in [6.45, 7) is 6.28. The molecule has 0 fully saturated rings. The average Bonchev–Trinajstić information content (AvgIpc) is 2.38. The average molecular weight is 287 g/mol. The van der Waals surface area contributed by atoms with Gasteiger partial charge in [-0.3, -0.25) is 0 Å². The third-order valence-electron chi connectivity index (χ3n) is 3.51. The van der Waals surface area contributed by atoms with E-state index in [1.807, 2.05) is 6.92 Å². The first kappa shape index (κ1) is 17.0. The normalized spacial score (nSPS) is 15.1. The Bertz CT molecular complexity index is 384. The number of alkyl halides is 3. The number of benzene rings is 1. The molecule has 1 rings (SSSR count). The molecule has 2 unspecified atom stereocenters. The second-order valence-electron chi connectivity index (χ2n) is 5.40. The molecule has 0 spiro atoms. The fourth-order valence-corrected chi connectivity index (χ4v) is 2.27. The molecular formula is C16H24F3N. The summed E-state index contributed by atoms with van der Waals surface area (Å²) < 4.78 is 37.5. The molecule has 0 amide bonds. The van der Waals surface area contributed by atoms with E-state index in [1.165, 1.54) is 19.3 Å². The van der Waals surface area contributed by atoms with Gasteiger partial charge >= 0.3 is 6.18 Å². The highest BCUT2D eigenvalue weighted by atomic mass is 19.4. The Kier molecular flexibility index (Phi) is 6.53. The van der Waals surface area contributed by atoms with Gasteiger partial charge in [0.2, 0.25) is 0 Å². The van der Waals surface area contributed by atoms with Gasteiger partial charge in [-0.15, -0.1) is 0 Å². The van der Waals surface area contributed by atoms with E-state index in [2.05, 4.69) is 19.2 Å². The fourth-order valence-electron chi connectivity index (χ4n) is 2.27.